The van der Waals surface area contributed by atoms with E-state index in [1.165, 1.54) is 11.5 Å². The molecule has 2 rings (SSSR count). The van der Waals surface area contributed by atoms with E-state index in [1.54, 1.807) is 12.1 Å². The Labute approximate surface area is 127 Å². The summed E-state index contributed by atoms with van der Waals surface area (Å²) >= 11 is 3.95. The first-order valence-electron chi connectivity index (χ1n) is 6.65. The van der Waals surface area contributed by atoms with Gasteiger partial charge in [-0.1, -0.05) is 0 Å². The van der Waals surface area contributed by atoms with Gasteiger partial charge in [-0.25, -0.2) is 0 Å². The number of anilines is 2. The molecule has 1 aromatic rings. The summed E-state index contributed by atoms with van der Waals surface area (Å²) in [5, 5.41) is 18.0. The summed E-state index contributed by atoms with van der Waals surface area (Å²) in [5.41, 5.74) is 1.72. The number of nitro groups is 1. The van der Waals surface area contributed by atoms with E-state index in [0.717, 1.165) is 30.2 Å². The number of benzene rings is 1. The smallest absolute Gasteiger partial charge is 0.273 e. The zero-order valence-corrected chi connectivity index (χ0v) is 13.1. The van der Waals surface area contributed by atoms with Gasteiger partial charge in [-0.15, -0.1) is 0 Å². The summed E-state index contributed by atoms with van der Waals surface area (Å²) < 4.78 is 0. The minimum absolute atomic E-state index is 0.122. The van der Waals surface area contributed by atoms with Gasteiger partial charge in [0.15, 0.2) is 0 Å². The van der Waals surface area contributed by atoms with Crippen LogP contribution in [0.2, 0.25) is 0 Å². The molecule has 1 heterocycles. The SMILES string of the molecule is CCNc1cc(NCC2CSCCS2)cc([N+](=O)[O-])c1. The lowest BCUT2D eigenvalue weighted by molar-refractivity contribution is -0.384. The van der Waals surface area contributed by atoms with Crippen LogP contribution >= 0.6 is 23.5 Å². The van der Waals surface area contributed by atoms with E-state index in [4.69, 9.17) is 0 Å². The number of non-ortho nitro benzene ring substituents is 1. The Bertz CT molecular complexity index is 465. The largest absolute Gasteiger partial charge is 0.385 e. The average Bonchev–Trinajstić information content (AvgIpc) is 2.46. The molecular weight excluding hydrogens is 294 g/mol. The molecule has 1 unspecified atom stereocenters. The fraction of sp³-hybridized carbons (Fsp3) is 0.538. The van der Waals surface area contributed by atoms with Crippen LogP contribution in [0.4, 0.5) is 17.1 Å². The van der Waals surface area contributed by atoms with Gasteiger partial charge < -0.3 is 10.6 Å². The third-order valence-corrected chi connectivity index (χ3v) is 5.77. The fourth-order valence-electron chi connectivity index (χ4n) is 2.01. The average molecular weight is 313 g/mol. The molecular formula is C13H19N3O2S2. The minimum Gasteiger partial charge on any atom is -0.385 e. The van der Waals surface area contributed by atoms with Crippen LogP contribution < -0.4 is 10.6 Å². The maximum Gasteiger partial charge on any atom is 0.273 e. The molecule has 2 N–H and O–H groups in total. The van der Waals surface area contributed by atoms with Crippen molar-refractivity contribution in [2.75, 3.05) is 41.0 Å². The number of hydrogen-bond acceptors (Lipinski definition) is 6. The maximum atomic E-state index is 11.0. The molecule has 1 aromatic carbocycles. The highest BCUT2D eigenvalue weighted by molar-refractivity contribution is 8.06. The van der Waals surface area contributed by atoms with Crippen LogP contribution in [0, 0.1) is 10.1 Å². The minimum atomic E-state index is -0.350. The van der Waals surface area contributed by atoms with Crippen molar-refractivity contribution in [3.8, 4) is 0 Å². The van der Waals surface area contributed by atoms with Gasteiger partial charge in [0, 0.05) is 59.1 Å². The van der Waals surface area contributed by atoms with E-state index >= 15 is 0 Å². The molecule has 1 saturated heterocycles. The van der Waals surface area contributed by atoms with Crippen LogP contribution in [0.15, 0.2) is 18.2 Å². The Morgan fingerprint density at radius 3 is 2.65 bits per heavy atom. The van der Waals surface area contributed by atoms with Crippen molar-refractivity contribution in [2.45, 2.75) is 12.2 Å². The van der Waals surface area contributed by atoms with Gasteiger partial charge in [-0.3, -0.25) is 10.1 Å². The monoisotopic (exact) mass is 313 g/mol. The Kier molecular flexibility index (Phi) is 5.85. The third-order valence-electron chi connectivity index (χ3n) is 2.93. The van der Waals surface area contributed by atoms with Crippen molar-refractivity contribution in [2.24, 2.45) is 0 Å². The highest BCUT2D eigenvalue weighted by atomic mass is 32.2. The second kappa shape index (κ2) is 7.64. The van der Waals surface area contributed by atoms with Gasteiger partial charge in [-0.2, -0.15) is 23.5 Å². The van der Waals surface area contributed by atoms with Gasteiger partial charge in [0.25, 0.3) is 5.69 Å². The molecule has 0 amide bonds. The summed E-state index contributed by atoms with van der Waals surface area (Å²) in [5.74, 6) is 3.56. The normalized spacial score (nSPS) is 18.6. The molecule has 110 valence electrons. The number of nitrogens with zero attached hydrogens (tertiary/aromatic N) is 1. The molecule has 7 heteroatoms. The molecule has 1 atom stereocenters. The highest BCUT2D eigenvalue weighted by Gasteiger charge is 2.15. The number of nitro benzene ring substituents is 1. The molecule has 0 spiro atoms. The first-order valence-corrected chi connectivity index (χ1v) is 8.86. The summed E-state index contributed by atoms with van der Waals surface area (Å²) in [6.45, 7) is 3.57. The summed E-state index contributed by atoms with van der Waals surface area (Å²) in [4.78, 5) is 10.6. The molecule has 20 heavy (non-hydrogen) atoms. The zero-order valence-electron chi connectivity index (χ0n) is 11.4. The second-order valence-corrected chi connectivity index (χ2v) is 7.06. The van der Waals surface area contributed by atoms with Crippen molar-refractivity contribution >= 4 is 40.6 Å². The Morgan fingerprint density at radius 1 is 1.30 bits per heavy atom. The standard InChI is InChI=1S/C13H19N3O2S2/c1-2-14-10-5-11(7-12(6-10)16(17)18)15-8-13-9-19-3-4-20-13/h5-7,13-15H,2-4,8-9H2,1H3. The first kappa shape index (κ1) is 15.3. The van der Waals surface area contributed by atoms with Crippen LogP contribution in [0.1, 0.15) is 6.92 Å². The van der Waals surface area contributed by atoms with Crippen LogP contribution in [0.3, 0.4) is 0 Å². The first-order chi connectivity index (χ1) is 9.69. The zero-order chi connectivity index (χ0) is 14.4. The highest BCUT2D eigenvalue weighted by Crippen LogP contribution is 2.27. The van der Waals surface area contributed by atoms with Crippen molar-refractivity contribution in [1.29, 1.82) is 0 Å². The Balaban J connectivity index is 2.03. The molecule has 1 aliphatic heterocycles. The van der Waals surface area contributed by atoms with E-state index < -0.39 is 0 Å². The fourth-order valence-corrected chi connectivity index (χ4v) is 4.62. The van der Waals surface area contributed by atoms with E-state index in [1.807, 2.05) is 36.5 Å². The topological polar surface area (TPSA) is 67.2 Å². The lowest BCUT2D eigenvalue weighted by atomic mass is 10.2. The molecule has 0 bridgehead atoms. The van der Waals surface area contributed by atoms with E-state index in [9.17, 15) is 10.1 Å². The number of nitrogens with one attached hydrogen (secondary N) is 2. The van der Waals surface area contributed by atoms with Crippen LogP contribution in [-0.2, 0) is 0 Å². The second-order valence-electron chi connectivity index (χ2n) is 4.50. The molecule has 0 aliphatic carbocycles. The quantitative estimate of drug-likeness (QED) is 0.620. The molecule has 1 fully saturated rings. The van der Waals surface area contributed by atoms with Crippen LogP contribution in [0.25, 0.3) is 0 Å². The third kappa shape index (κ3) is 4.49. The van der Waals surface area contributed by atoms with Gasteiger partial charge in [0.1, 0.15) is 0 Å². The summed E-state index contributed by atoms with van der Waals surface area (Å²) in [7, 11) is 0. The van der Waals surface area contributed by atoms with Crippen LogP contribution in [-0.4, -0.2) is 40.5 Å². The van der Waals surface area contributed by atoms with Gasteiger partial charge in [-0.05, 0) is 13.0 Å². The van der Waals surface area contributed by atoms with Gasteiger partial charge >= 0.3 is 0 Å². The van der Waals surface area contributed by atoms with E-state index in [2.05, 4.69) is 10.6 Å². The Hall–Kier alpha value is -1.08. The van der Waals surface area contributed by atoms with Crippen molar-refractivity contribution in [1.82, 2.24) is 0 Å². The lowest BCUT2D eigenvalue weighted by Crippen LogP contribution is -2.23. The predicted octanol–water partition coefficient (Wildman–Crippen LogP) is 3.29. The van der Waals surface area contributed by atoms with Crippen molar-refractivity contribution in [3.63, 3.8) is 0 Å². The summed E-state index contributed by atoms with van der Waals surface area (Å²) in [6, 6.07) is 5.10. The number of rotatable bonds is 6. The van der Waals surface area contributed by atoms with E-state index in [-0.39, 0.29) is 10.6 Å². The summed E-state index contributed by atoms with van der Waals surface area (Å²) in [6.07, 6.45) is 0. The lowest BCUT2D eigenvalue weighted by Gasteiger charge is -2.21. The van der Waals surface area contributed by atoms with Crippen molar-refractivity contribution < 1.29 is 4.92 Å². The number of thioether (sulfide) groups is 2. The molecule has 0 aromatic heterocycles. The molecule has 1 aliphatic rings. The molecule has 5 nitrogen and oxygen atoms in total. The Morgan fingerprint density at radius 2 is 2.05 bits per heavy atom. The van der Waals surface area contributed by atoms with Crippen LogP contribution in [0.5, 0.6) is 0 Å². The predicted molar refractivity (Wildman–Crippen MR) is 89.3 cm³/mol. The van der Waals surface area contributed by atoms with Gasteiger partial charge in [0.2, 0.25) is 0 Å². The number of hydrogen-bond donors (Lipinski definition) is 2. The maximum absolute atomic E-state index is 11.0. The van der Waals surface area contributed by atoms with Gasteiger partial charge in [0.05, 0.1) is 4.92 Å². The molecule has 0 saturated carbocycles. The molecule has 0 radical (unpaired) electrons. The van der Waals surface area contributed by atoms with E-state index in [0.29, 0.717) is 5.25 Å². The van der Waals surface area contributed by atoms with Crippen molar-refractivity contribution in [3.05, 3.63) is 28.3 Å².